The largest absolute Gasteiger partial charge is 0.252 e. The zero-order chi connectivity index (χ0) is 6.78. The van der Waals surface area contributed by atoms with E-state index in [-0.39, 0.29) is 5.41 Å². The molecule has 0 aromatic heterocycles. The van der Waals surface area contributed by atoms with E-state index in [0.29, 0.717) is 5.75 Å². The number of nitrogens with two attached hydrogens (primary N) is 1. The molecule has 0 amide bonds. The van der Waals surface area contributed by atoms with Gasteiger partial charge in [0.05, 0.1) is 11.0 Å². The Balaban J connectivity index is 3.55. The molecule has 1 unspecified atom stereocenters. The minimum absolute atomic E-state index is 0.0968. The van der Waals surface area contributed by atoms with Crippen LogP contribution in [0.2, 0.25) is 0 Å². The van der Waals surface area contributed by atoms with Crippen LogP contribution in [0.5, 0.6) is 0 Å². The molecule has 0 fully saturated rings. The molecule has 0 aromatic carbocycles. The van der Waals surface area contributed by atoms with Gasteiger partial charge < -0.3 is 0 Å². The fourth-order valence-corrected chi connectivity index (χ4v) is 1.28. The van der Waals surface area contributed by atoms with Crippen LogP contribution in [0.25, 0.3) is 0 Å². The zero-order valence-electron chi connectivity index (χ0n) is 5.60. The first-order valence-electron chi connectivity index (χ1n) is 2.54. The quantitative estimate of drug-likeness (QED) is 0.563. The summed E-state index contributed by atoms with van der Waals surface area (Å²) in [5.41, 5.74) is 0.0968. The minimum Gasteiger partial charge on any atom is -0.252 e. The Morgan fingerprint density at radius 2 is 1.88 bits per heavy atom. The van der Waals surface area contributed by atoms with Crippen molar-refractivity contribution >= 4 is 11.0 Å². The van der Waals surface area contributed by atoms with Gasteiger partial charge in [-0.3, -0.25) is 5.14 Å². The topological polar surface area (TPSA) is 43.1 Å². The van der Waals surface area contributed by atoms with Crippen LogP contribution in [0.15, 0.2) is 0 Å². The second kappa shape index (κ2) is 2.60. The molecule has 0 aromatic rings. The van der Waals surface area contributed by atoms with Crippen molar-refractivity contribution in [3.63, 3.8) is 0 Å². The number of hydrogen-bond donors (Lipinski definition) is 1. The summed E-state index contributed by atoms with van der Waals surface area (Å²) in [6.07, 6.45) is 0. The maximum Gasteiger partial charge on any atom is 0.0893 e. The molecule has 0 aliphatic rings. The lowest BCUT2D eigenvalue weighted by atomic mass is 10.0. The first-order valence-corrected chi connectivity index (χ1v) is 3.93. The molecular weight excluding hydrogens is 122 g/mol. The molecule has 50 valence electrons. The van der Waals surface area contributed by atoms with Crippen molar-refractivity contribution in [1.29, 1.82) is 0 Å². The van der Waals surface area contributed by atoms with E-state index < -0.39 is 11.0 Å². The van der Waals surface area contributed by atoms with E-state index in [4.69, 9.17) is 5.14 Å². The van der Waals surface area contributed by atoms with Gasteiger partial charge in [0.25, 0.3) is 0 Å². The SMILES string of the molecule is CC(C)(C)CS(N)=O. The van der Waals surface area contributed by atoms with Crippen LogP contribution in [-0.2, 0) is 11.0 Å². The van der Waals surface area contributed by atoms with Crippen LogP contribution >= 0.6 is 0 Å². The summed E-state index contributed by atoms with van der Waals surface area (Å²) in [7, 11) is -1.14. The van der Waals surface area contributed by atoms with Crippen molar-refractivity contribution in [2.75, 3.05) is 5.75 Å². The third-order valence-electron chi connectivity index (χ3n) is 0.575. The normalized spacial score (nSPS) is 16.0. The first kappa shape index (κ1) is 8.11. The van der Waals surface area contributed by atoms with E-state index in [9.17, 15) is 4.21 Å². The van der Waals surface area contributed by atoms with Crippen molar-refractivity contribution < 1.29 is 4.21 Å². The molecule has 0 radical (unpaired) electrons. The summed E-state index contributed by atoms with van der Waals surface area (Å²) in [4.78, 5) is 0. The Bertz CT molecular complexity index is 95.1. The molecule has 0 saturated carbocycles. The van der Waals surface area contributed by atoms with Gasteiger partial charge in [-0.05, 0) is 5.41 Å². The Kier molecular flexibility index (Phi) is 2.63. The van der Waals surface area contributed by atoms with Crippen LogP contribution in [0.1, 0.15) is 20.8 Å². The summed E-state index contributed by atoms with van der Waals surface area (Å²) in [5.74, 6) is 0.576. The Morgan fingerprint density at radius 1 is 1.50 bits per heavy atom. The lowest BCUT2D eigenvalue weighted by Crippen LogP contribution is -2.20. The zero-order valence-corrected chi connectivity index (χ0v) is 6.42. The van der Waals surface area contributed by atoms with Gasteiger partial charge in [0.1, 0.15) is 0 Å². The van der Waals surface area contributed by atoms with E-state index >= 15 is 0 Å². The lowest BCUT2D eigenvalue weighted by Gasteiger charge is -2.14. The predicted octanol–water partition coefficient (Wildman–Crippen LogP) is 0.655. The smallest absolute Gasteiger partial charge is 0.0893 e. The maximum absolute atomic E-state index is 10.3. The lowest BCUT2D eigenvalue weighted by molar-refractivity contribution is 0.474. The second-order valence-corrected chi connectivity index (χ2v) is 4.14. The average Bonchev–Trinajstić information content (AvgIpc) is 1.21. The Labute approximate surface area is 53.0 Å². The first-order chi connectivity index (χ1) is 3.42. The van der Waals surface area contributed by atoms with Gasteiger partial charge in [0.15, 0.2) is 0 Å². The third kappa shape index (κ3) is 6.11. The maximum atomic E-state index is 10.3. The van der Waals surface area contributed by atoms with Crippen molar-refractivity contribution in [2.24, 2.45) is 10.6 Å². The molecule has 0 aliphatic heterocycles. The fourth-order valence-electron chi connectivity index (χ4n) is 0.427. The van der Waals surface area contributed by atoms with Crippen molar-refractivity contribution in [3.8, 4) is 0 Å². The van der Waals surface area contributed by atoms with Gasteiger partial charge in [0, 0.05) is 5.75 Å². The summed E-state index contributed by atoms with van der Waals surface area (Å²) in [6, 6.07) is 0. The van der Waals surface area contributed by atoms with Crippen molar-refractivity contribution in [1.82, 2.24) is 0 Å². The van der Waals surface area contributed by atoms with Crippen LogP contribution < -0.4 is 5.14 Å². The van der Waals surface area contributed by atoms with E-state index in [1.165, 1.54) is 0 Å². The summed E-state index contributed by atoms with van der Waals surface area (Å²) in [6.45, 7) is 6.04. The minimum atomic E-state index is -1.14. The van der Waals surface area contributed by atoms with Crippen LogP contribution in [0.4, 0.5) is 0 Å². The van der Waals surface area contributed by atoms with E-state index in [1.807, 2.05) is 20.8 Å². The van der Waals surface area contributed by atoms with Gasteiger partial charge in [-0.25, -0.2) is 4.21 Å². The average molecular weight is 135 g/mol. The summed E-state index contributed by atoms with van der Waals surface area (Å²) < 4.78 is 10.3. The fraction of sp³-hybridized carbons (Fsp3) is 1.00. The van der Waals surface area contributed by atoms with E-state index in [2.05, 4.69) is 0 Å². The molecule has 2 nitrogen and oxygen atoms in total. The molecule has 3 heteroatoms. The van der Waals surface area contributed by atoms with Gasteiger partial charge in [-0.15, -0.1) is 0 Å². The number of rotatable bonds is 1. The Morgan fingerprint density at radius 3 is 1.88 bits per heavy atom. The van der Waals surface area contributed by atoms with Crippen LogP contribution in [0.3, 0.4) is 0 Å². The van der Waals surface area contributed by atoms with Gasteiger partial charge >= 0.3 is 0 Å². The molecule has 0 bridgehead atoms. The van der Waals surface area contributed by atoms with Gasteiger partial charge in [0.2, 0.25) is 0 Å². The molecule has 0 spiro atoms. The van der Waals surface area contributed by atoms with E-state index in [1.54, 1.807) is 0 Å². The standard InChI is InChI=1S/C5H13NOS/c1-5(2,3)4-8(6)7/h4,6H2,1-3H3. The monoisotopic (exact) mass is 135 g/mol. The number of hydrogen-bond acceptors (Lipinski definition) is 1. The molecule has 0 aliphatic carbocycles. The van der Waals surface area contributed by atoms with E-state index in [0.717, 1.165) is 0 Å². The molecule has 0 rings (SSSR count). The highest BCUT2D eigenvalue weighted by molar-refractivity contribution is 7.82. The summed E-state index contributed by atoms with van der Waals surface area (Å²) in [5, 5.41) is 5.05. The highest BCUT2D eigenvalue weighted by Gasteiger charge is 2.11. The molecular formula is C5H13NOS. The highest BCUT2D eigenvalue weighted by atomic mass is 32.2. The van der Waals surface area contributed by atoms with Crippen molar-refractivity contribution in [2.45, 2.75) is 20.8 Å². The van der Waals surface area contributed by atoms with Crippen LogP contribution in [0, 0.1) is 5.41 Å². The predicted molar refractivity (Wildman–Crippen MR) is 36.7 cm³/mol. The molecule has 0 saturated heterocycles. The highest BCUT2D eigenvalue weighted by Crippen LogP contribution is 2.12. The molecule has 2 N–H and O–H groups in total. The third-order valence-corrected chi connectivity index (χ3v) is 1.73. The van der Waals surface area contributed by atoms with Gasteiger partial charge in [-0.1, -0.05) is 20.8 Å². The van der Waals surface area contributed by atoms with Gasteiger partial charge in [-0.2, -0.15) is 0 Å². The second-order valence-electron chi connectivity index (χ2n) is 3.09. The molecule has 8 heavy (non-hydrogen) atoms. The Hall–Kier alpha value is 0.110. The van der Waals surface area contributed by atoms with Crippen molar-refractivity contribution in [3.05, 3.63) is 0 Å². The molecule has 0 heterocycles. The van der Waals surface area contributed by atoms with Crippen LogP contribution in [-0.4, -0.2) is 9.96 Å². The summed E-state index contributed by atoms with van der Waals surface area (Å²) >= 11 is 0. The molecule has 1 atom stereocenters.